The van der Waals surface area contributed by atoms with Crippen molar-refractivity contribution in [1.82, 2.24) is 0 Å². The molecule has 0 saturated heterocycles. The van der Waals surface area contributed by atoms with Gasteiger partial charge in [-0.2, -0.15) is 0 Å². The summed E-state index contributed by atoms with van der Waals surface area (Å²) in [6.45, 7) is 0.476. The van der Waals surface area contributed by atoms with Crippen molar-refractivity contribution in [1.29, 1.82) is 0 Å². The molecule has 0 aliphatic carbocycles. The number of hydrogen-bond acceptors (Lipinski definition) is 1. The van der Waals surface area contributed by atoms with E-state index in [2.05, 4.69) is 0 Å². The molecule has 0 aliphatic heterocycles. The van der Waals surface area contributed by atoms with Crippen molar-refractivity contribution in [3.63, 3.8) is 0 Å². The van der Waals surface area contributed by atoms with E-state index in [0.29, 0.717) is 18.5 Å². The van der Waals surface area contributed by atoms with E-state index >= 15 is 0 Å². The van der Waals surface area contributed by atoms with Crippen LogP contribution in [0.25, 0.3) is 11.1 Å². The highest BCUT2D eigenvalue weighted by Crippen LogP contribution is 2.26. The highest BCUT2D eigenvalue weighted by molar-refractivity contribution is 5.65. The molecule has 2 aromatic rings. The number of benzene rings is 2. The maximum absolute atomic E-state index is 13.6. The summed E-state index contributed by atoms with van der Waals surface area (Å²) >= 11 is 0. The Kier molecular flexibility index (Phi) is 3.67. The van der Waals surface area contributed by atoms with Crippen LogP contribution in [0.4, 0.5) is 13.2 Å². The van der Waals surface area contributed by atoms with Crippen LogP contribution in [-0.4, -0.2) is 6.54 Å². The van der Waals surface area contributed by atoms with E-state index in [-0.39, 0.29) is 5.56 Å². The van der Waals surface area contributed by atoms with Gasteiger partial charge >= 0.3 is 0 Å². The van der Waals surface area contributed by atoms with Gasteiger partial charge in [-0.05, 0) is 36.2 Å². The topological polar surface area (TPSA) is 26.0 Å². The van der Waals surface area contributed by atoms with E-state index in [1.165, 1.54) is 6.07 Å². The lowest BCUT2D eigenvalue weighted by atomic mass is 10.0. The minimum absolute atomic E-state index is 0.0489. The first-order valence-corrected chi connectivity index (χ1v) is 5.56. The van der Waals surface area contributed by atoms with Crippen molar-refractivity contribution in [2.24, 2.45) is 5.73 Å². The maximum atomic E-state index is 13.6. The lowest BCUT2D eigenvalue weighted by molar-refractivity contribution is 0.449. The molecule has 1 nitrogen and oxygen atoms in total. The molecule has 0 saturated carbocycles. The molecule has 0 heterocycles. The summed E-state index contributed by atoms with van der Waals surface area (Å²) < 4.78 is 39.6. The van der Waals surface area contributed by atoms with Crippen LogP contribution in [0.15, 0.2) is 36.4 Å². The normalized spacial score (nSPS) is 10.7. The Labute approximate surface area is 103 Å². The first-order chi connectivity index (χ1) is 8.63. The fraction of sp³-hybridized carbons (Fsp3) is 0.143. The first kappa shape index (κ1) is 12.6. The molecule has 0 aliphatic rings. The van der Waals surface area contributed by atoms with Gasteiger partial charge < -0.3 is 5.73 Å². The molecule has 0 unspecified atom stereocenters. The van der Waals surface area contributed by atoms with Crippen molar-refractivity contribution < 1.29 is 13.2 Å². The molecule has 0 radical (unpaired) electrons. The van der Waals surface area contributed by atoms with Gasteiger partial charge in [0.2, 0.25) is 0 Å². The highest BCUT2D eigenvalue weighted by Gasteiger charge is 2.14. The second kappa shape index (κ2) is 5.23. The third kappa shape index (κ3) is 2.38. The largest absolute Gasteiger partial charge is 0.330 e. The Hall–Kier alpha value is -1.81. The summed E-state index contributed by atoms with van der Waals surface area (Å²) in [6.07, 6.45) is 0.652. The summed E-state index contributed by atoms with van der Waals surface area (Å²) in [5.41, 5.74) is 6.93. The van der Waals surface area contributed by atoms with Crippen molar-refractivity contribution >= 4 is 0 Å². The van der Waals surface area contributed by atoms with Crippen LogP contribution in [0.5, 0.6) is 0 Å². The molecule has 2 rings (SSSR count). The Morgan fingerprint density at radius 2 is 1.72 bits per heavy atom. The van der Waals surface area contributed by atoms with Gasteiger partial charge in [0.15, 0.2) is 17.5 Å². The lowest BCUT2D eigenvalue weighted by Gasteiger charge is -2.07. The van der Waals surface area contributed by atoms with Gasteiger partial charge in [0.25, 0.3) is 0 Å². The quantitative estimate of drug-likeness (QED) is 0.832. The number of halogens is 3. The molecule has 2 aromatic carbocycles. The molecule has 18 heavy (non-hydrogen) atoms. The first-order valence-electron chi connectivity index (χ1n) is 5.56. The van der Waals surface area contributed by atoms with Crippen molar-refractivity contribution in [2.45, 2.75) is 6.42 Å². The van der Waals surface area contributed by atoms with E-state index < -0.39 is 17.5 Å². The zero-order valence-corrected chi connectivity index (χ0v) is 9.59. The molecule has 0 bridgehead atoms. The SMILES string of the molecule is NCCc1cccc(-c2ccc(F)c(F)c2F)c1. The fourth-order valence-corrected chi connectivity index (χ4v) is 1.81. The summed E-state index contributed by atoms with van der Waals surface area (Å²) in [4.78, 5) is 0. The third-order valence-electron chi connectivity index (χ3n) is 2.71. The summed E-state index contributed by atoms with van der Waals surface area (Å²) in [5, 5.41) is 0. The van der Waals surface area contributed by atoms with Gasteiger partial charge in [0.1, 0.15) is 0 Å². The van der Waals surface area contributed by atoms with Crippen LogP contribution in [0.3, 0.4) is 0 Å². The summed E-state index contributed by atoms with van der Waals surface area (Å²) in [6, 6.07) is 9.12. The Bertz CT molecular complexity index is 567. The van der Waals surface area contributed by atoms with E-state index in [4.69, 9.17) is 5.73 Å². The van der Waals surface area contributed by atoms with Crippen molar-refractivity contribution in [3.8, 4) is 11.1 Å². The molecule has 0 amide bonds. The van der Waals surface area contributed by atoms with Gasteiger partial charge in [-0.25, -0.2) is 13.2 Å². The smallest absolute Gasteiger partial charge is 0.195 e. The van der Waals surface area contributed by atoms with Crippen LogP contribution in [0, 0.1) is 17.5 Å². The Balaban J connectivity index is 2.48. The van der Waals surface area contributed by atoms with E-state index in [1.807, 2.05) is 6.07 Å². The number of rotatable bonds is 3. The van der Waals surface area contributed by atoms with Crippen LogP contribution in [-0.2, 0) is 6.42 Å². The standard InChI is InChI=1S/C14H12F3N/c15-12-5-4-11(13(16)14(12)17)10-3-1-2-9(8-10)6-7-18/h1-5,8H,6-7,18H2. The number of hydrogen-bond donors (Lipinski definition) is 1. The zero-order valence-electron chi connectivity index (χ0n) is 9.59. The monoisotopic (exact) mass is 251 g/mol. The molecular weight excluding hydrogens is 239 g/mol. The average molecular weight is 251 g/mol. The van der Waals surface area contributed by atoms with Gasteiger partial charge in [0, 0.05) is 5.56 Å². The molecule has 0 fully saturated rings. The predicted octanol–water partition coefficient (Wildman–Crippen LogP) is 3.27. The lowest BCUT2D eigenvalue weighted by Crippen LogP contribution is -2.02. The average Bonchev–Trinajstić information content (AvgIpc) is 2.37. The summed E-state index contributed by atoms with van der Waals surface area (Å²) in [7, 11) is 0. The van der Waals surface area contributed by atoms with Gasteiger partial charge in [0.05, 0.1) is 0 Å². The molecule has 4 heteroatoms. The molecular formula is C14H12F3N. The van der Waals surface area contributed by atoms with E-state index in [0.717, 1.165) is 11.6 Å². The van der Waals surface area contributed by atoms with Crippen LogP contribution in [0.1, 0.15) is 5.56 Å². The molecule has 0 spiro atoms. The van der Waals surface area contributed by atoms with Crippen molar-refractivity contribution in [3.05, 3.63) is 59.4 Å². The molecule has 0 aromatic heterocycles. The summed E-state index contributed by atoms with van der Waals surface area (Å²) in [5.74, 6) is -3.80. The van der Waals surface area contributed by atoms with Gasteiger partial charge in [-0.3, -0.25) is 0 Å². The minimum Gasteiger partial charge on any atom is -0.330 e. The third-order valence-corrected chi connectivity index (χ3v) is 2.71. The maximum Gasteiger partial charge on any atom is 0.195 e. The minimum atomic E-state index is -1.45. The Morgan fingerprint density at radius 3 is 2.44 bits per heavy atom. The van der Waals surface area contributed by atoms with Crippen LogP contribution in [0.2, 0.25) is 0 Å². The zero-order chi connectivity index (χ0) is 13.1. The predicted molar refractivity (Wildman–Crippen MR) is 64.5 cm³/mol. The van der Waals surface area contributed by atoms with Crippen LogP contribution >= 0.6 is 0 Å². The highest BCUT2D eigenvalue weighted by atomic mass is 19.2. The molecule has 94 valence electrons. The van der Waals surface area contributed by atoms with Crippen LogP contribution < -0.4 is 5.73 Å². The second-order valence-electron chi connectivity index (χ2n) is 3.96. The van der Waals surface area contributed by atoms with Crippen molar-refractivity contribution in [2.75, 3.05) is 6.54 Å². The van der Waals surface area contributed by atoms with Gasteiger partial charge in [-0.15, -0.1) is 0 Å². The Morgan fingerprint density at radius 1 is 0.944 bits per heavy atom. The fourth-order valence-electron chi connectivity index (χ4n) is 1.81. The van der Waals surface area contributed by atoms with E-state index in [9.17, 15) is 13.2 Å². The second-order valence-corrected chi connectivity index (χ2v) is 3.96. The number of nitrogens with two attached hydrogens (primary N) is 1. The molecule has 2 N–H and O–H groups in total. The van der Waals surface area contributed by atoms with E-state index in [1.54, 1.807) is 18.2 Å². The van der Waals surface area contributed by atoms with Gasteiger partial charge in [-0.1, -0.05) is 24.3 Å². The molecule has 0 atom stereocenters.